The van der Waals surface area contributed by atoms with E-state index in [1.165, 1.54) is 0 Å². The standard InChI is InChI=1S/C19H26ClNO6.Na/c1-3-6-16(22)26-18(7-4-2)27-19(24)21-13-5-8-17(23)25-15-11-9-14(20)10-12-15;/h9-12,18H,3-8,13H2,1-2H3,(H,21,24);/q;+1. The van der Waals surface area contributed by atoms with Crippen molar-refractivity contribution in [2.45, 2.75) is 58.7 Å². The van der Waals surface area contributed by atoms with Crippen LogP contribution >= 0.6 is 11.6 Å². The quantitative estimate of drug-likeness (QED) is 0.190. The van der Waals surface area contributed by atoms with Crippen molar-refractivity contribution < 1.29 is 58.2 Å². The Balaban J connectivity index is 0.00000729. The van der Waals surface area contributed by atoms with E-state index < -0.39 is 24.3 Å². The Bertz CT molecular complexity index is 611. The van der Waals surface area contributed by atoms with Crippen molar-refractivity contribution in [3.8, 4) is 5.75 Å². The molecule has 0 heterocycles. The van der Waals surface area contributed by atoms with Crippen LogP contribution in [0.2, 0.25) is 5.02 Å². The number of hydrogen-bond donors (Lipinski definition) is 1. The zero-order valence-corrected chi connectivity index (χ0v) is 19.4. The van der Waals surface area contributed by atoms with Gasteiger partial charge in [0.15, 0.2) is 0 Å². The van der Waals surface area contributed by atoms with Crippen LogP contribution in [0.1, 0.15) is 52.4 Å². The van der Waals surface area contributed by atoms with E-state index in [2.05, 4.69) is 5.32 Å². The number of rotatable bonds is 11. The third-order valence-electron chi connectivity index (χ3n) is 3.35. The number of hydrogen-bond acceptors (Lipinski definition) is 6. The number of benzene rings is 1. The predicted octanol–water partition coefficient (Wildman–Crippen LogP) is 1.23. The first-order valence-electron chi connectivity index (χ1n) is 9.04. The van der Waals surface area contributed by atoms with Crippen LogP contribution in [-0.2, 0) is 19.1 Å². The van der Waals surface area contributed by atoms with Crippen molar-refractivity contribution >= 4 is 29.6 Å². The average molecular weight is 423 g/mol. The number of carbonyl (C=O) groups is 3. The van der Waals surface area contributed by atoms with Gasteiger partial charge in [-0.25, -0.2) is 4.79 Å². The number of carbonyl (C=O) groups excluding carboxylic acids is 3. The maximum atomic E-state index is 11.8. The Morgan fingerprint density at radius 1 is 1.00 bits per heavy atom. The van der Waals surface area contributed by atoms with E-state index in [9.17, 15) is 14.4 Å². The summed E-state index contributed by atoms with van der Waals surface area (Å²) in [5, 5.41) is 3.08. The third-order valence-corrected chi connectivity index (χ3v) is 3.60. The van der Waals surface area contributed by atoms with Gasteiger partial charge in [0.05, 0.1) is 0 Å². The van der Waals surface area contributed by atoms with Gasteiger partial charge in [0, 0.05) is 30.8 Å². The van der Waals surface area contributed by atoms with Crippen molar-refractivity contribution in [1.29, 1.82) is 0 Å². The molecule has 0 spiro atoms. The summed E-state index contributed by atoms with van der Waals surface area (Å²) in [6, 6.07) is 6.46. The number of nitrogens with one attached hydrogen (secondary N) is 1. The molecule has 1 unspecified atom stereocenters. The summed E-state index contributed by atoms with van der Waals surface area (Å²) in [4.78, 5) is 35.0. The molecule has 1 rings (SSSR count). The van der Waals surface area contributed by atoms with Crippen molar-refractivity contribution in [1.82, 2.24) is 5.32 Å². The van der Waals surface area contributed by atoms with Gasteiger partial charge in [-0.2, -0.15) is 0 Å². The molecule has 0 aliphatic rings. The van der Waals surface area contributed by atoms with Gasteiger partial charge in [-0.3, -0.25) is 9.59 Å². The molecule has 1 aromatic carbocycles. The van der Waals surface area contributed by atoms with Crippen molar-refractivity contribution in [3.63, 3.8) is 0 Å². The van der Waals surface area contributed by atoms with E-state index in [1.54, 1.807) is 24.3 Å². The van der Waals surface area contributed by atoms with Crippen LogP contribution in [-0.4, -0.2) is 30.9 Å². The molecule has 0 saturated carbocycles. The molecule has 0 bridgehead atoms. The fourth-order valence-corrected chi connectivity index (χ4v) is 2.18. The minimum Gasteiger partial charge on any atom is -0.427 e. The van der Waals surface area contributed by atoms with E-state index in [1.807, 2.05) is 13.8 Å². The van der Waals surface area contributed by atoms with E-state index >= 15 is 0 Å². The molecule has 1 amide bonds. The van der Waals surface area contributed by atoms with Gasteiger partial charge in [-0.05, 0) is 43.5 Å². The fourth-order valence-electron chi connectivity index (χ4n) is 2.06. The first-order valence-corrected chi connectivity index (χ1v) is 9.42. The number of ether oxygens (including phenoxy) is 3. The van der Waals surface area contributed by atoms with Crippen molar-refractivity contribution in [2.75, 3.05) is 6.54 Å². The van der Waals surface area contributed by atoms with E-state index in [-0.39, 0.29) is 48.9 Å². The summed E-state index contributed by atoms with van der Waals surface area (Å²) in [5.41, 5.74) is 0. The predicted molar refractivity (Wildman–Crippen MR) is 101 cm³/mol. The van der Waals surface area contributed by atoms with Gasteiger partial charge in [0.1, 0.15) is 5.75 Å². The van der Waals surface area contributed by atoms with Crippen LogP contribution in [0.5, 0.6) is 5.75 Å². The van der Waals surface area contributed by atoms with Gasteiger partial charge in [0.2, 0.25) is 6.29 Å². The second-order valence-electron chi connectivity index (χ2n) is 5.82. The van der Waals surface area contributed by atoms with Crippen LogP contribution in [0.15, 0.2) is 24.3 Å². The molecule has 1 aromatic rings. The third kappa shape index (κ3) is 12.2. The molecule has 1 atom stereocenters. The summed E-state index contributed by atoms with van der Waals surface area (Å²) in [6.45, 7) is 3.99. The van der Waals surface area contributed by atoms with E-state index in [0.717, 1.165) is 0 Å². The summed E-state index contributed by atoms with van der Waals surface area (Å²) < 4.78 is 15.4. The molecule has 0 saturated heterocycles. The Labute approximate surface area is 192 Å². The number of halogens is 1. The first-order chi connectivity index (χ1) is 12.9. The van der Waals surface area contributed by atoms with E-state index in [0.29, 0.717) is 36.5 Å². The normalized spacial score (nSPS) is 11.0. The molecular weight excluding hydrogens is 397 g/mol. The zero-order chi connectivity index (χ0) is 20.1. The number of amides is 1. The molecule has 9 heteroatoms. The number of esters is 2. The maximum absolute atomic E-state index is 11.8. The minimum absolute atomic E-state index is 0. The summed E-state index contributed by atoms with van der Waals surface area (Å²) in [7, 11) is 0. The van der Waals surface area contributed by atoms with Crippen molar-refractivity contribution in [3.05, 3.63) is 29.3 Å². The van der Waals surface area contributed by atoms with Crippen LogP contribution in [0, 0.1) is 0 Å². The Morgan fingerprint density at radius 2 is 1.68 bits per heavy atom. The van der Waals surface area contributed by atoms with Crippen molar-refractivity contribution in [2.24, 2.45) is 0 Å². The van der Waals surface area contributed by atoms with Gasteiger partial charge >= 0.3 is 47.6 Å². The summed E-state index contributed by atoms with van der Waals surface area (Å²) >= 11 is 5.76. The fraction of sp³-hybridized carbons (Fsp3) is 0.526. The van der Waals surface area contributed by atoms with Gasteiger partial charge in [0.25, 0.3) is 0 Å². The van der Waals surface area contributed by atoms with Crippen LogP contribution in [0.25, 0.3) is 0 Å². The SMILES string of the molecule is CCCC(=O)OC(CCC)OC(=O)NCCCC(=O)Oc1ccc(Cl)cc1.[Na+]. The molecule has 0 aliphatic heterocycles. The zero-order valence-electron chi connectivity index (χ0n) is 16.7. The Kier molecular flexibility index (Phi) is 14.9. The number of alkyl carbamates (subject to hydrolysis) is 1. The second-order valence-corrected chi connectivity index (χ2v) is 6.26. The monoisotopic (exact) mass is 422 g/mol. The molecular formula is C19H26ClNNaO6+. The molecule has 0 fully saturated rings. The maximum Gasteiger partial charge on any atom is 1.00 e. The first kappa shape index (κ1) is 26.7. The molecule has 28 heavy (non-hydrogen) atoms. The molecule has 7 nitrogen and oxygen atoms in total. The van der Waals surface area contributed by atoms with Gasteiger partial charge in [-0.15, -0.1) is 0 Å². The summed E-state index contributed by atoms with van der Waals surface area (Å²) in [5.74, 6) is -0.397. The average Bonchev–Trinajstić information content (AvgIpc) is 2.61. The topological polar surface area (TPSA) is 90.9 Å². The van der Waals surface area contributed by atoms with Gasteiger partial charge in [-0.1, -0.05) is 25.4 Å². The van der Waals surface area contributed by atoms with Crippen LogP contribution in [0.4, 0.5) is 4.79 Å². The smallest absolute Gasteiger partial charge is 0.427 e. The van der Waals surface area contributed by atoms with E-state index in [4.69, 9.17) is 25.8 Å². The van der Waals surface area contributed by atoms with Crippen LogP contribution < -0.4 is 39.6 Å². The molecule has 0 aromatic heterocycles. The molecule has 150 valence electrons. The largest absolute Gasteiger partial charge is 1.00 e. The Hall–Kier alpha value is -1.28. The Morgan fingerprint density at radius 3 is 2.29 bits per heavy atom. The molecule has 0 radical (unpaired) electrons. The van der Waals surface area contributed by atoms with Gasteiger partial charge < -0.3 is 19.5 Å². The second kappa shape index (κ2) is 15.6. The molecule has 0 aliphatic carbocycles. The summed E-state index contributed by atoms with van der Waals surface area (Å²) in [6.07, 6.45) is 0.997. The van der Waals surface area contributed by atoms with Crippen LogP contribution in [0.3, 0.4) is 0 Å². The molecule has 1 N–H and O–H groups in total. The minimum atomic E-state index is -0.899.